The molecule has 0 aliphatic carbocycles. The molecule has 3 rings (SSSR count). The summed E-state index contributed by atoms with van der Waals surface area (Å²) in [6.45, 7) is 1.90. The molecule has 0 aliphatic heterocycles. The first kappa shape index (κ1) is 11.5. The second kappa shape index (κ2) is 3.98. The first-order chi connectivity index (χ1) is 9.11. The van der Waals surface area contributed by atoms with Crippen molar-refractivity contribution in [3.63, 3.8) is 0 Å². The minimum atomic E-state index is -0.183. The zero-order chi connectivity index (χ0) is 13.6. The van der Waals surface area contributed by atoms with Crippen molar-refractivity contribution in [1.82, 2.24) is 15.3 Å². The molecule has 0 aliphatic rings. The number of carbonyl (C=O) groups excluding carboxylic acids is 1. The summed E-state index contributed by atoms with van der Waals surface area (Å²) in [4.78, 5) is 19.3. The van der Waals surface area contributed by atoms with Crippen LogP contribution in [0.2, 0.25) is 0 Å². The molecule has 1 amide bonds. The van der Waals surface area contributed by atoms with Gasteiger partial charge in [0.15, 0.2) is 0 Å². The number of carbonyl (C=O) groups is 1. The Bertz CT molecular complexity index is 804. The molecule has 0 saturated heterocycles. The number of H-pyrrole nitrogens is 1. The number of pyridine rings is 1. The van der Waals surface area contributed by atoms with E-state index in [9.17, 15) is 4.79 Å². The Morgan fingerprint density at radius 1 is 1.37 bits per heavy atom. The van der Waals surface area contributed by atoms with Crippen molar-refractivity contribution in [3.8, 4) is 0 Å². The fourth-order valence-corrected chi connectivity index (χ4v) is 2.42. The molecular weight excluding hydrogens is 240 g/mol. The van der Waals surface area contributed by atoms with Crippen molar-refractivity contribution in [1.29, 1.82) is 0 Å². The maximum atomic E-state index is 11.8. The Labute approximate surface area is 109 Å². The van der Waals surface area contributed by atoms with Gasteiger partial charge in [0.05, 0.1) is 11.7 Å². The van der Waals surface area contributed by atoms with Gasteiger partial charge in [-0.1, -0.05) is 0 Å². The van der Waals surface area contributed by atoms with Crippen LogP contribution in [0.4, 0.5) is 5.69 Å². The molecule has 0 saturated carbocycles. The average molecular weight is 254 g/mol. The van der Waals surface area contributed by atoms with Crippen LogP contribution >= 0.6 is 0 Å². The Morgan fingerprint density at radius 3 is 2.89 bits per heavy atom. The van der Waals surface area contributed by atoms with Crippen LogP contribution in [0.3, 0.4) is 0 Å². The molecule has 0 bridgehead atoms. The average Bonchev–Trinajstić information content (AvgIpc) is 2.76. The van der Waals surface area contributed by atoms with Crippen molar-refractivity contribution in [2.75, 3.05) is 12.8 Å². The Morgan fingerprint density at radius 2 is 2.16 bits per heavy atom. The van der Waals surface area contributed by atoms with E-state index in [0.29, 0.717) is 11.4 Å². The molecule has 5 heteroatoms. The minimum absolute atomic E-state index is 0.183. The molecule has 2 heterocycles. The smallest absolute Gasteiger partial charge is 0.269 e. The Hall–Kier alpha value is -2.56. The van der Waals surface area contributed by atoms with E-state index in [-0.39, 0.29) is 5.91 Å². The number of nitrogens with two attached hydrogens (primary N) is 1. The maximum absolute atomic E-state index is 11.8. The summed E-state index contributed by atoms with van der Waals surface area (Å²) in [6.07, 6.45) is 1.68. The predicted octanol–water partition coefficient (Wildman–Crippen LogP) is 1.97. The van der Waals surface area contributed by atoms with E-state index in [1.165, 1.54) is 0 Å². The summed E-state index contributed by atoms with van der Waals surface area (Å²) in [6, 6.07) is 5.69. The molecule has 0 spiro atoms. The zero-order valence-electron chi connectivity index (χ0n) is 10.7. The SMILES string of the molecule is CNC(=O)c1ncc2[nH]c3ccc(N)cc3c2c1C. The third-order valence-electron chi connectivity index (χ3n) is 3.35. The van der Waals surface area contributed by atoms with E-state index in [1.807, 2.05) is 25.1 Å². The summed E-state index contributed by atoms with van der Waals surface area (Å²) < 4.78 is 0. The van der Waals surface area contributed by atoms with Gasteiger partial charge in [0.2, 0.25) is 0 Å². The number of hydrogen-bond donors (Lipinski definition) is 3. The first-order valence-corrected chi connectivity index (χ1v) is 6.00. The lowest BCUT2D eigenvalue weighted by Crippen LogP contribution is -2.20. The number of nitrogen functional groups attached to an aromatic ring is 1. The lowest BCUT2D eigenvalue weighted by molar-refractivity contribution is 0.0957. The van der Waals surface area contributed by atoms with Crippen molar-refractivity contribution < 1.29 is 4.79 Å². The second-order valence-electron chi connectivity index (χ2n) is 4.53. The maximum Gasteiger partial charge on any atom is 0.269 e. The number of benzene rings is 1. The monoisotopic (exact) mass is 254 g/mol. The third-order valence-corrected chi connectivity index (χ3v) is 3.35. The molecule has 5 nitrogen and oxygen atoms in total. The molecule has 1 aromatic carbocycles. The quantitative estimate of drug-likeness (QED) is 0.580. The van der Waals surface area contributed by atoms with Crippen LogP contribution < -0.4 is 11.1 Å². The Kier molecular flexibility index (Phi) is 2.41. The number of rotatable bonds is 1. The summed E-state index contributed by atoms with van der Waals surface area (Å²) in [5.41, 5.74) is 9.73. The van der Waals surface area contributed by atoms with Gasteiger partial charge >= 0.3 is 0 Å². The first-order valence-electron chi connectivity index (χ1n) is 6.00. The van der Waals surface area contributed by atoms with E-state index in [4.69, 9.17) is 5.73 Å². The molecule has 3 aromatic rings. The minimum Gasteiger partial charge on any atom is -0.399 e. The fourth-order valence-electron chi connectivity index (χ4n) is 2.42. The lowest BCUT2D eigenvalue weighted by Gasteiger charge is -2.04. The molecule has 0 fully saturated rings. The fraction of sp³-hybridized carbons (Fsp3) is 0.143. The number of nitrogens with one attached hydrogen (secondary N) is 2. The van der Waals surface area contributed by atoms with Gasteiger partial charge in [-0.25, -0.2) is 4.98 Å². The van der Waals surface area contributed by atoms with Gasteiger partial charge in [-0.05, 0) is 30.7 Å². The number of aromatic amines is 1. The molecular formula is C14H14N4O. The number of nitrogens with zero attached hydrogens (tertiary/aromatic N) is 1. The van der Waals surface area contributed by atoms with E-state index in [0.717, 1.165) is 27.4 Å². The van der Waals surface area contributed by atoms with Gasteiger partial charge in [-0.15, -0.1) is 0 Å². The van der Waals surface area contributed by atoms with Gasteiger partial charge in [0.25, 0.3) is 5.91 Å². The van der Waals surface area contributed by atoms with Crippen LogP contribution in [0.15, 0.2) is 24.4 Å². The lowest BCUT2D eigenvalue weighted by atomic mass is 10.1. The highest BCUT2D eigenvalue weighted by Crippen LogP contribution is 2.30. The molecule has 0 radical (unpaired) electrons. The number of hydrogen-bond acceptors (Lipinski definition) is 3. The summed E-state index contributed by atoms with van der Waals surface area (Å²) >= 11 is 0. The van der Waals surface area contributed by atoms with E-state index < -0.39 is 0 Å². The summed E-state index contributed by atoms with van der Waals surface area (Å²) in [7, 11) is 1.60. The predicted molar refractivity (Wildman–Crippen MR) is 76.1 cm³/mol. The molecule has 2 aromatic heterocycles. The van der Waals surface area contributed by atoms with Crippen LogP contribution in [0, 0.1) is 6.92 Å². The summed E-state index contributed by atoms with van der Waals surface area (Å²) in [5, 5.41) is 4.61. The Balaban J connectivity index is 2.43. The third kappa shape index (κ3) is 1.62. The van der Waals surface area contributed by atoms with Gasteiger partial charge in [0, 0.05) is 29.0 Å². The highest BCUT2D eigenvalue weighted by Gasteiger charge is 2.15. The topological polar surface area (TPSA) is 83.8 Å². The van der Waals surface area contributed by atoms with Crippen molar-refractivity contribution in [2.24, 2.45) is 0 Å². The van der Waals surface area contributed by atoms with E-state index >= 15 is 0 Å². The van der Waals surface area contributed by atoms with Crippen molar-refractivity contribution >= 4 is 33.4 Å². The van der Waals surface area contributed by atoms with E-state index in [1.54, 1.807) is 13.2 Å². The van der Waals surface area contributed by atoms with Crippen LogP contribution in [-0.4, -0.2) is 22.9 Å². The van der Waals surface area contributed by atoms with E-state index in [2.05, 4.69) is 15.3 Å². The summed E-state index contributed by atoms with van der Waals surface area (Å²) in [5.74, 6) is -0.183. The largest absolute Gasteiger partial charge is 0.399 e. The number of fused-ring (bicyclic) bond motifs is 3. The number of anilines is 1. The van der Waals surface area contributed by atoms with Crippen LogP contribution in [-0.2, 0) is 0 Å². The van der Waals surface area contributed by atoms with Crippen molar-refractivity contribution in [3.05, 3.63) is 35.7 Å². The zero-order valence-corrected chi connectivity index (χ0v) is 10.7. The molecule has 4 N–H and O–H groups in total. The van der Waals surface area contributed by atoms with Crippen LogP contribution in [0.25, 0.3) is 21.8 Å². The van der Waals surface area contributed by atoms with Crippen LogP contribution in [0.5, 0.6) is 0 Å². The second-order valence-corrected chi connectivity index (χ2v) is 4.53. The standard InChI is InChI=1S/C14H14N4O/c1-7-12-9-5-8(15)3-4-10(9)18-11(12)6-17-13(7)14(19)16-2/h3-6,18H,15H2,1-2H3,(H,16,19). The highest BCUT2D eigenvalue weighted by molar-refractivity contribution is 6.12. The van der Waals surface area contributed by atoms with Gasteiger partial charge < -0.3 is 16.0 Å². The highest BCUT2D eigenvalue weighted by atomic mass is 16.1. The van der Waals surface area contributed by atoms with Gasteiger partial charge in [-0.3, -0.25) is 4.79 Å². The normalized spacial score (nSPS) is 11.1. The molecule has 19 heavy (non-hydrogen) atoms. The van der Waals surface area contributed by atoms with Crippen molar-refractivity contribution in [2.45, 2.75) is 6.92 Å². The number of aromatic nitrogens is 2. The molecule has 0 atom stereocenters. The number of amides is 1. The molecule has 0 unspecified atom stereocenters. The van der Waals surface area contributed by atoms with Crippen LogP contribution in [0.1, 0.15) is 16.1 Å². The van der Waals surface area contributed by atoms with Gasteiger partial charge in [-0.2, -0.15) is 0 Å². The molecule has 96 valence electrons. The van der Waals surface area contributed by atoms with Gasteiger partial charge in [0.1, 0.15) is 5.69 Å². The number of aryl methyl sites for hydroxylation is 1.